The fraction of sp³-hybridized carbons (Fsp3) is 0.857. The number of nitrogens with one attached hydrogen (secondary N) is 1. The highest BCUT2D eigenvalue weighted by molar-refractivity contribution is 5.75. The van der Waals surface area contributed by atoms with Crippen LogP contribution in [0.15, 0.2) is 0 Å². The number of hydrogen-bond donors (Lipinski definition) is 2. The number of carboxylic acid groups (broad SMARTS) is 1. The molecule has 1 heterocycles. The molecule has 0 aromatic rings. The van der Waals surface area contributed by atoms with Crippen LogP contribution in [-0.4, -0.2) is 53.8 Å². The van der Waals surface area contributed by atoms with Gasteiger partial charge in [-0.15, -0.1) is 0 Å². The van der Waals surface area contributed by atoms with Crippen molar-refractivity contribution < 1.29 is 19.4 Å². The fourth-order valence-corrected chi connectivity index (χ4v) is 3.08. The van der Waals surface area contributed by atoms with Crippen LogP contribution in [0, 0.1) is 5.92 Å². The number of carbonyl (C=O) groups is 2. The number of hydrogen-bond acceptors (Lipinski definition) is 3. The lowest BCUT2D eigenvalue weighted by Crippen LogP contribution is -2.50. The average Bonchev–Trinajstić information content (AvgIpc) is 2.86. The van der Waals surface area contributed by atoms with Crippen molar-refractivity contribution in [3.63, 3.8) is 0 Å². The van der Waals surface area contributed by atoms with Gasteiger partial charge in [-0.05, 0) is 39.0 Å². The molecule has 0 spiro atoms. The first-order valence-corrected chi connectivity index (χ1v) is 7.51. The van der Waals surface area contributed by atoms with Gasteiger partial charge in [-0.25, -0.2) is 4.79 Å². The van der Waals surface area contributed by atoms with Gasteiger partial charge in [-0.1, -0.05) is 0 Å². The minimum Gasteiger partial charge on any atom is -0.481 e. The van der Waals surface area contributed by atoms with E-state index in [0.717, 1.165) is 19.3 Å². The van der Waals surface area contributed by atoms with E-state index >= 15 is 0 Å². The molecule has 0 radical (unpaired) electrons. The number of amides is 2. The molecule has 0 bridgehead atoms. The van der Waals surface area contributed by atoms with Crippen LogP contribution in [0.4, 0.5) is 4.79 Å². The monoisotopic (exact) mass is 284 g/mol. The number of nitrogens with zero attached hydrogens (tertiary/aromatic N) is 1. The summed E-state index contributed by atoms with van der Waals surface area (Å²) in [5, 5.41) is 12.0. The predicted molar refractivity (Wildman–Crippen MR) is 73.5 cm³/mol. The third kappa shape index (κ3) is 3.62. The summed E-state index contributed by atoms with van der Waals surface area (Å²) in [5.41, 5.74) is 0. The van der Waals surface area contributed by atoms with Gasteiger partial charge in [0.05, 0.1) is 18.1 Å². The lowest BCUT2D eigenvalue weighted by Gasteiger charge is -2.32. The van der Waals surface area contributed by atoms with Crippen molar-refractivity contribution in [3.8, 4) is 0 Å². The van der Waals surface area contributed by atoms with Gasteiger partial charge in [0.2, 0.25) is 0 Å². The van der Waals surface area contributed by atoms with E-state index in [9.17, 15) is 9.59 Å². The number of rotatable bonds is 4. The summed E-state index contributed by atoms with van der Waals surface area (Å²) >= 11 is 0. The van der Waals surface area contributed by atoms with Crippen LogP contribution in [0.5, 0.6) is 0 Å². The highest BCUT2D eigenvalue weighted by Crippen LogP contribution is 2.23. The quantitative estimate of drug-likeness (QED) is 0.819. The molecule has 6 nitrogen and oxygen atoms in total. The van der Waals surface area contributed by atoms with Crippen LogP contribution in [0.1, 0.15) is 39.0 Å². The molecular formula is C14H24N2O4. The summed E-state index contributed by atoms with van der Waals surface area (Å²) in [6, 6.07) is 0.0186. The molecule has 20 heavy (non-hydrogen) atoms. The molecule has 2 N–H and O–H groups in total. The first-order chi connectivity index (χ1) is 9.61. The molecule has 6 heteroatoms. The second-order valence-corrected chi connectivity index (χ2v) is 5.58. The van der Waals surface area contributed by atoms with Crippen molar-refractivity contribution in [2.45, 2.75) is 51.2 Å². The molecular weight excluding hydrogens is 260 g/mol. The average molecular weight is 284 g/mol. The molecule has 2 atom stereocenters. The van der Waals surface area contributed by atoms with Crippen LogP contribution < -0.4 is 5.32 Å². The zero-order valence-electron chi connectivity index (χ0n) is 12.0. The Bertz CT molecular complexity index is 353. The number of carbonyl (C=O) groups excluding carboxylic acids is 1. The minimum atomic E-state index is -0.753. The molecule has 1 saturated heterocycles. The summed E-state index contributed by atoms with van der Waals surface area (Å²) in [6.07, 6.45) is 4.25. The third-order valence-electron chi connectivity index (χ3n) is 4.27. The molecule has 2 aliphatic rings. The van der Waals surface area contributed by atoms with E-state index in [0.29, 0.717) is 32.5 Å². The van der Waals surface area contributed by atoms with Crippen molar-refractivity contribution in [3.05, 3.63) is 0 Å². The maximum atomic E-state index is 12.2. The summed E-state index contributed by atoms with van der Waals surface area (Å²) in [4.78, 5) is 24.8. The predicted octanol–water partition coefficient (Wildman–Crippen LogP) is 1.45. The summed E-state index contributed by atoms with van der Waals surface area (Å²) in [5.74, 6) is -1.06. The molecule has 1 aliphatic heterocycles. The lowest BCUT2D eigenvalue weighted by atomic mass is 9.97. The molecule has 0 aromatic heterocycles. The van der Waals surface area contributed by atoms with Crippen molar-refractivity contribution >= 4 is 12.0 Å². The second-order valence-electron chi connectivity index (χ2n) is 5.58. The Balaban J connectivity index is 1.79. The Kier molecular flexibility index (Phi) is 5.23. The van der Waals surface area contributed by atoms with Crippen LogP contribution in [0.3, 0.4) is 0 Å². The van der Waals surface area contributed by atoms with Crippen molar-refractivity contribution in [2.75, 3.05) is 19.7 Å². The van der Waals surface area contributed by atoms with E-state index in [2.05, 4.69) is 5.32 Å². The highest BCUT2D eigenvalue weighted by atomic mass is 16.5. The number of piperidine rings is 1. The summed E-state index contributed by atoms with van der Waals surface area (Å²) in [6.45, 7) is 3.68. The Morgan fingerprint density at radius 2 is 1.95 bits per heavy atom. The topological polar surface area (TPSA) is 78.9 Å². The molecule has 114 valence electrons. The third-order valence-corrected chi connectivity index (χ3v) is 4.27. The van der Waals surface area contributed by atoms with Crippen molar-refractivity contribution in [2.24, 2.45) is 5.92 Å². The van der Waals surface area contributed by atoms with Crippen molar-refractivity contribution in [1.29, 1.82) is 0 Å². The zero-order valence-corrected chi connectivity index (χ0v) is 12.0. The summed E-state index contributed by atoms with van der Waals surface area (Å²) < 4.78 is 5.64. The van der Waals surface area contributed by atoms with Crippen LogP contribution >= 0.6 is 0 Å². The van der Waals surface area contributed by atoms with Gasteiger partial charge in [-0.2, -0.15) is 0 Å². The van der Waals surface area contributed by atoms with E-state index in [1.54, 1.807) is 4.90 Å². The molecule has 2 rings (SSSR count). The van der Waals surface area contributed by atoms with Crippen molar-refractivity contribution in [1.82, 2.24) is 10.2 Å². The maximum Gasteiger partial charge on any atom is 0.317 e. The SMILES string of the molecule is CCO[C@@H]1CCC[C@H]1NC(=O)N1CCC(C(=O)O)CC1. The van der Waals surface area contributed by atoms with E-state index in [4.69, 9.17) is 9.84 Å². The minimum absolute atomic E-state index is 0.0783. The van der Waals surface area contributed by atoms with E-state index in [1.807, 2.05) is 6.92 Å². The molecule has 2 fully saturated rings. The van der Waals surface area contributed by atoms with E-state index in [-0.39, 0.29) is 24.1 Å². The first-order valence-electron chi connectivity index (χ1n) is 7.51. The Morgan fingerprint density at radius 3 is 2.55 bits per heavy atom. The fourth-order valence-electron chi connectivity index (χ4n) is 3.08. The largest absolute Gasteiger partial charge is 0.481 e. The van der Waals surface area contributed by atoms with Gasteiger partial charge in [0.1, 0.15) is 0 Å². The van der Waals surface area contributed by atoms with E-state index in [1.165, 1.54) is 0 Å². The standard InChI is InChI=1S/C14H24N2O4/c1-2-20-12-5-3-4-11(12)15-14(19)16-8-6-10(7-9-16)13(17)18/h10-12H,2-9H2,1H3,(H,15,19)(H,17,18)/t11-,12-/m1/s1. The number of ether oxygens (including phenoxy) is 1. The Labute approximate surface area is 119 Å². The lowest BCUT2D eigenvalue weighted by molar-refractivity contribution is -0.143. The van der Waals surface area contributed by atoms with Crippen LogP contribution in [0.2, 0.25) is 0 Å². The first kappa shape index (κ1) is 15.1. The van der Waals surface area contributed by atoms with Gasteiger partial charge < -0.3 is 20.1 Å². The highest BCUT2D eigenvalue weighted by Gasteiger charge is 2.32. The Hall–Kier alpha value is -1.30. The van der Waals surface area contributed by atoms with Gasteiger partial charge in [-0.3, -0.25) is 4.79 Å². The van der Waals surface area contributed by atoms with Gasteiger partial charge in [0, 0.05) is 19.7 Å². The number of aliphatic carboxylic acids is 1. The Morgan fingerprint density at radius 1 is 1.25 bits per heavy atom. The summed E-state index contributed by atoms with van der Waals surface area (Å²) in [7, 11) is 0. The number of carboxylic acids is 1. The van der Waals surface area contributed by atoms with Gasteiger partial charge >= 0.3 is 12.0 Å². The van der Waals surface area contributed by atoms with Gasteiger partial charge in [0.15, 0.2) is 0 Å². The van der Waals surface area contributed by atoms with E-state index < -0.39 is 5.97 Å². The zero-order chi connectivity index (χ0) is 14.5. The smallest absolute Gasteiger partial charge is 0.317 e. The number of urea groups is 1. The molecule has 1 aliphatic carbocycles. The van der Waals surface area contributed by atoms with Crippen LogP contribution in [0.25, 0.3) is 0 Å². The maximum absolute atomic E-state index is 12.2. The molecule has 2 amide bonds. The molecule has 0 aromatic carbocycles. The molecule has 0 unspecified atom stereocenters. The van der Waals surface area contributed by atoms with Gasteiger partial charge in [0.25, 0.3) is 0 Å². The second kappa shape index (κ2) is 6.92. The molecule has 1 saturated carbocycles. The normalized spacial score (nSPS) is 27.6. The van der Waals surface area contributed by atoms with Crippen LogP contribution in [-0.2, 0) is 9.53 Å². The number of likely N-dealkylation sites (tertiary alicyclic amines) is 1.